The minimum absolute atomic E-state index is 0.0296. The van der Waals surface area contributed by atoms with Gasteiger partial charge in [-0.25, -0.2) is 8.42 Å². The summed E-state index contributed by atoms with van der Waals surface area (Å²) in [5.74, 6) is 1.03. The number of ether oxygens (including phenoxy) is 2. The molecule has 2 aromatic rings. The van der Waals surface area contributed by atoms with Gasteiger partial charge in [-0.05, 0) is 31.0 Å². The van der Waals surface area contributed by atoms with E-state index in [1.807, 2.05) is 0 Å². The zero-order valence-electron chi connectivity index (χ0n) is 14.2. The lowest BCUT2D eigenvalue weighted by Gasteiger charge is -2.31. The van der Waals surface area contributed by atoms with Gasteiger partial charge in [0.2, 0.25) is 21.8 Å². The van der Waals surface area contributed by atoms with E-state index in [1.54, 1.807) is 30.1 Å². The second-order valence-electron chi connectivity index (χ2n) is 6.33. The molecule has 0 saturated carbocycles. The Morgan fingerprint density at radius 1 is 1.19 bits per heavy atom. The molecule has 0 bridgehead atoms. The van der Waals surface area contributed by atoms with Gasteiger partial charge in [-0.2, -0.15) is 0 Å². The lowest BCUT2D eigenvalue weighted by atomic mass is 10.1. The average molecular weight is 378 g/mol. The Bertz CT molecular complexity index is 947. The van der Waals surface area contributed by atoms with Crippen LogP contribution >= 0.6 is 0 Å². The second-order valence-corrected chi connectivity index (χ2v) is 8.45. The topological polar surface area (TPSA) is 104 Å². The molecule has 0 unspecified atom stereocenters. The van der Waals surface area contributed by atoms with Gasteiger partial charge in [-0.1, -0.05) is 0 Å². The molecule has 0 atom stereocenters. The molecule has 1 amide bonds. The first kappa shape index (κ1) is 16.8. The number of hydrogen-bond donors (Lipinski definition) is 0. The van der Waals surface area contributed by atoms with E-state index >= 15 is 0 Å². The van der Waals surface area contributed by atoms with Gasteiger partial charge in [0.05, 0.1) is 5.25 Å². The lowest BCUT2D eigenvalue weighted by Crippen LogP contribution is -2.42. The number of aromatic nitrogens is 3. The maximum atomic E-state index is 12.7. The van der Waals surface area contributed by atoms with Crippen LogP contribution in [0.15, 0.2) is 29.7 Å². The standard InChI is InChI=1S/C16H18N4O5S/c1-19-9-17-18-16(19)26(22,23)12-4-6-20(7-5-12)15(21)11-2-3-13-14(8-11)25-10-24-13/h2-3,8-9,12H,4-7,10H2,1H3. The van der Waals surface area contributed by atoms with E-state index in [9.17, 15) is 13.2 Å². The third kappa shape index (κ3) is 2.79. The lowest BCUT2D eigenvalue weighted by molar-refractivity contribution is 0.0725. The Balaban J connectivity index is 1.45. The van der Waals surface area contributed by atoms with Crippen molar-refractivity contribution in [3.05, 3.63) is 30.1 Å². The fourth-order valence-corrected chi connectivity index (χ4v) is 5.00. The Morgan fingerprint density at radius 2 is 1.92 bits per heavy atom. The van der Waals surface area contributed by atoms with E-state index in [2.05, 4.69) is 10.2 Å². The van der Waals surface area contributed by atoms with Crippen LogP contribution in [0.3, 0.4) is 0 Å². The number of carbonyl (C=O) groups is 1. The quantitative estimate of drug-likeness (QED) is 0.771. The van der Waals surface area contributed by atoms with Crippen LogP contribution in [0.5, 0.6) is 11.5 Å². The largest absolute Gasteiger partial charge is 0.454 e. The first-order chi connectivity index (χ1) is 12.5. The van der Waals surface area contributed by atoms with Crippen molar-refractivity contribution in [3.63, 3.8) is 0 Å². The third-order valence-corrected chi connectivity index (χ3v) is 6.94. The molecule has 2 aliphatic rings. The van der Waals surface area contributed by atoms with E-state index in [0.29, 0.717) is 43.0 Å². The summed E-state index contributed by atoms with van der Waals surface area (Å²) in [5, 5.41) is 6.76. The molecular formula is C16H18N4O5S. The molecule has 0 spiro atoms. The van der Waals surface area contributed by atoms with Crippen molar-refractivity contribution in [2.24, 2.45) is 7.05 Å². The average Bonchev–Trinajstić information content (AvgIpc) is 3.29. The van der Waals surface area contributed by atoms with Gasteiger partial charge in [0.25, 0.3) is 5.91 Å². The number of sulfone groups is 1. The molecular weight excluding hydrogens is 360 g/mol. The molecule has 4 rings (SSSR count). The monoisotopic (exact) mass is 378 g/mol. The van der Waals surface area contributed by atoms with Gasteiger partial charge in [0.1, 0.15) is 6.33 Å². The Hall–Kier alpha value is -2.62. The number of likely N-dealkylation sites (tertiary alicyclic amines) is 1. The number of nitrogens with zero attached hydrogens (tertiary/aromatic N) is 4. The summed E-state index contributed by atoms with van der Waals surface area (Å²) in [7, 11) is -1.95. The van der Waals surface area contributed by atoms with Crippen LogP contribution in [0.2, 0.25) is 0 Å². The fraction of sp³-hybridized carbons (Fsp3) is 0.438. The van der Waals surface area contributed by atoms with Gasteiger partial charge in [-0.3, -0.25) is 4.79 Å². The molecule has 0 radical (unpaired) electrons. The van der Waals surface area contributed by atoms with Crippen LogP contribution in [0.25, 0.3) is 0 Å². The van der Waals surface area contributed by atoms with E-state index in [4.69, 9.17) is 9.47 Å². The molecule has 2 aliphatic heterocycles. The maximum absolute atomic E-state index is 12.7. The highest BCUT2D eigenvalue weighted by Crippen LogP contribution is 2.33. The molecule has 138 valence electrons. The molecule has 1 fully saturated rings. The molecule has 3 heterocycles. The van der Waals surface area contributed by atoms with Crippen molar-refractivity contribution in [3.8, 4) is 11.5 Å². The van der Waals surface area contributed by atoms with Crippen LogP contribution in [-0.2, 0) is 16.9 Å². The number of fused-ring (bicyclic) bond motifs is 1. The highest BCUT2D eigenvalue weighted by atomic mass is 32.2. The number of carbonyl (C=O) groups excluding carboxylic acids is 1. The minimum Gasteiger partial charge on any atom is -0.454 e. The summed E-state index contributed by atoms with van der Waals surface area (Å²) in [6.45, 7) is 0.891. The SMILES string of the molecule is Cn1cnnc1S(=O)(=O)C1CCN(C(=O)c2ccc3c(c2)OCO3)CC1. The Morgan fingerprint density at radius 3 is 2.62 bits per heavy atom. The molecule has 0 N–H and O–H groups in total. The molecule has 1 aromatic heterocycles. The van der Waals surface area contributed by atoms with Crippen molar-refractivity contribution >= 4 is 15.7 Å². The number of piperidine rings is 1. The normalized spacial score (nSPS) is 17.5. The summed E-state index contributed by atoms with van der Waals surface area (Å²) < 4.78 is 37.3. The Labute approximate surface area is 150 Å². The van der Waals surface area contributed by atoms with Crippen LogP contribution in [0, 0.1) is 0 Å². The summed E-state index contributed by atoms with van der Waals surface area (Å²) in [5.41, 5.74) is 0.504. The summed E-state index contributed by atoms with van der Waals surface area (Å²) >= 11 is 0. The zero-order chi connectivity index (χ0) is 18.3. The molecule has 0 aliphatic carbocycles. The van der Waals surface area contributed by atoms with Gasteiger partial charge >= 0.3 is 0 Å². The van der Waals surface area contributed by atoms with E-state index in [1.165, 1.54) is 10.9 Å². The van der Waals surface area contributed by atoms with Crippen molar-refractivity contribution < 1.29 is 22.7 Å². The van der Waals surface area contributed by atoms with Gasteiger partial charge in [0, 0.05) is 25.7 Å². The van der Waals surface area contributed by atoms with Crippen molar-refractivity contribution in [1.29, 1.82) is 0 Å². The first-order valence-electron chi connectivity index (χ1n) is 8.23. The molecule has 1 aromatic carbocycles. The summed E-state index contributed by atoms with van der Waals surface area (Å²) in [6, 6.07) is 5.06. The second kappa shape index (κ2) is 6.27. The zero-order valence-corrected chi connectivity index (χ0v) is 15.0. The van der Waals surface area contributed by atoms with Gasteiger partial charge in [-0.15, -0.1) is 10.2 Å². The minimum atomic E-state index is -3.56. The fourth-order valence-electron chi connectivity index (χ4n) is 3.26. The van der Waals surface area contributed by atoms with Gasteiger partial charge < -0.3 is 18.9 Å². The summed E-state index contributed by atoms with van der Waals surface area (Å²) in [6.07, 6.45) is 2.10. The number of rotatable bonds is 3. The highest BCUT2D eigenvalue weighted by Gasteiger charge is 2.35. The van der Waals surface area contributed by atoms with Crippen LogP contribution in [0.1, 0.15) is 23.2 Å². The molecule has 9 nitrogen and oxygen atoms in total. The first-order valence-corrected chi connectivity index (χ1v) is 9.78. The van der Waals surface area contributed by atoms with Crippen molar-refractivity contribution in [1.82, 2.24) is 19.7 Å². The van der Waals surface area contributed by atoms with Crippen molar-refractivity contribution in [2.75, 3.05) is 19.9 Å². The van der Waals surface area contributed by atoms with Crippen LogP contribution < -0.4 is 9.47 Å². The third-order valence-electron chi connectivity index (χ3n) is 4.71. The smallest absolute Gasteiger partial charge is 0.253 e. The maximum Gasteiger partial charge on any atom is 0.253 e. The number of aryl methyl sites for hydroxylation is 1. The van der Waals surface area contributed by atoms with E-state index in [0.717, 1.165) is 0 Å². The Kier molecular flexibility index (Phi) is 4.06. The predicted molar refractivity (Wildman–Crippen MR) is 89.7 cm³/mol. The highest BCUT2D eigenvalue weighted by molar-refractivity contribution is 7.91. The van der Waals surface area contributed by atoms with Crippen LogP contribution in [-0.4, -0.2) is 59.1 Å². The van der Waals surface area contributed by atoms with E-state index in [-0.39, 0.29) is 17.9 Å². The summed E-state index contributed by atoms with van der Waals surface area (Å²) in [4.78, 5) is 14.4. The van der Waals surface area contributed by atoms with Gasteiger partial charge in [0.15, 0.2) is 11.5 Å². The van der Waals surface area contributed by atoms with Crippen molar-refractivity contribution in [2.45, 2.75) is 23.2 Å². The number of benzene rings is 1. The number of hydrogen-bond acceptors (Lipinski definition) is 7. The number of amides is 1. The molecule has 26 heavy (non-hydrogen) atoms. The molecule has 10 heteroatoms. The predicted octanol–water partition coefficient (Wildman–Crippen LogP) is 0.622. The van der Waals surface area contributed by atoms with Crippen LogP contribution in [0.4, 0.5) is 0 Å². The van der Waals surface area contributed by atoms with E-state index < -0.39 is 15.1 Å². The molecule has 1 saturated heterocycles.